The Kier molecular flexibility index (Phi) is 1.15. The molecule has 0 fully saturated rings. The Morgan fingerprint density at radius 3 is 1.80 bits per heavy atom. The van der Waals surface area contributed by atoms with Gasteiger partial charge in [-0.15, -0.1) is 0 Å². The van der Waals surface area contributed by atoms with Gasteiger partial charge in [0.15, 0.2) is 3.14 Å². The molecule has 0 aliphatic carbocycles. The minimum Gasteiger partial charge on any atom is -0.0543 e. The predicted molar refractivity (Wildman–Crippen MR) is 30.9 cm³/mol. The molecular formula is CS4. The standard InChI is InChI=1S/CS4/c2-1-3-5-4-1. The maximum Gasteiger partial charge on any atom is 0.165 e. The second kappa shape index (κ2) is 1.47. The maximum atomic E-state index is 4.69. The molecule has 0 saturated carbocycles. The summed E-state index contributed by atoms with van der Waals surface area (Å²) < 4.78 is 1.06. The van der Waals surface area contributed by atoms with Crippen LogP contribution in [0.5, 0.6) is 0 Å². The predicted octanol–water partition coefficient (Wildman–Crippen LogP) is 2.60. The van der Waals surface area contributed by atoms with Crippen LogP contribution in [0, 0.1) is 3.14 Å². The van der Waals surface area contributed by atoms with Gasteiger partial charge in [0, 0.05) is 0 Å². The number of rotatable bonds is 0. The van der Waals surface area contributed by atoms with E-state index in [1.807, 2.05) is 0 Å². The Bertz CT molecular complexity index is 118. The zero-order valence-corrected chi connectivity index (χ0v) is 5.40. The number of hydrogen-bond donors (Lipinski definition) is 0. The van der Waals surface area contributed by atoms with E-state index in [0.717, 1.165) is 3.14 Å². The zero-order chi connectivity index (χ0) is 3.70. The fourth-order valence-corrected chi connectivity index (χ4v) is 3.17. The van der Waals surface area contributed by atoms with E-state index in [2.05, 4.69) is 12.2 Å². The molecule has 1 heterocycles. The van der Waals surface area contributed by atoms with Gasteiger partial charge in [-0.25, -0.2) is 0 Å². The summed E-state index contributed by atoms with van der Waals surface area (Å²) >= 11 is 4.69. The highest BCUT2D eigenvalue weighted by Gasteiger charge is 1.74. The second-order valence-corrected chi connectivity index (χ2v) is 5.59. The third kappa shape index (κ3) is 0.788. The average molecular weight is 140 g/mol. The van der Waals surface area contributed by atoms with Crippen LogP contribution in [-0.2, 0) is 0 Å². The van der Waals surface area contributed by atoms with Crippen molar-refractivity contribution in [3.8, 4) is 0 Å². The summed E-state index contributed by atoms with van der Waals surface area (Å²) in [7, 11) is 5.08. The molecule has 0 atom stereocenters. The molecule has 1 aromatic rings. The molecule has 0 N–H and O–H groups in total. The highest BCUT2D eigenvalue weighted by atomic mass is 33.3. The summed E-state index contributed by atoms with van der Waals surface area (Å²) in [4.78, 5) is 0. The van der Waals surface area contributed by atoms with Gasteiger partial charge >= 0.3 is 0 Å². The van der Waals surface area contributed by atoms with E-state index in [-0.39, 0.29) is 0 Å². The molecular weight excluding hydrogens is 140 g/mol. The first-order chi connectivity index (χ1) is 2.39. The van der Waals surface area contributed by atoms with Crippen LogP contribution in [0.25, 0.3) is 0 Å². The van der Waals surface area contributed by atoms with Crippen molar-refractivity contribution in [1.29, 1.82) is 0 Å². The van der Waals surface area contributed by atoms with E-state index >= 15 is 0 Å². The lowest BCUT2D eigenvalue weighted by molar-refractivity contribution is 2.77. The van der Waals surface area contributed by atoms with Crippen molar-refractivity contribution < 1.29 is 0 Å². The minimum atomic E-state index is 1.06. The van der Waals surface area contributed by atoms with Crippen LogP contribution in [0.1, 0.15) is 0 Å². The monoisotopic (exact) mass is 140 g/mol. The van der Waals surface area contributed by atoms with Crippen LogP contribution in [0.4, 0.5) is 0 Å². The summed E-state index contributed by atoms with van der Waals surface area (Å²) in [6, 6.07) is 0. The van der Waals surface area contributed by atoms with Crippen molar-refractivity contribution >= 4 is 42.2 Å². The van der Waals surface area contributed by atoms with E-state index in [4.69, 9.17) is 0 Å². The first-order valence-corrected chi connectivity index (χ1v) is 4.84. The molecule has 4 heteroatoms. The van der Waals surface area contributed by atoms with Crippen LogP contribution >= 0.6 is 42.2 Å². The van der Waals surface area contributed by atoms with Crippen molar-refractivity contribution in [3.63, 3.8) is 0 Å². The van der Waals surface area contributed by atoms with Gasteiger partial charge in [0.1, 0.15) is 0 Å². The van der Waals surface area contributed by atoms with Crippen molar-refractivity contribution in [2.24, 2.45) is 0 Å². The fourth-order valence-electron chi connectivity index (χ4n) is 0.0618. The van der Waals surface area contributed by atoms with Crippen LogP contribution in [0.2, 0.25) is 0 Å². The van der Waals surface area contributed by atoms with Crippen LogP contribution in [-0.4, -0.2) is 0 Å². The molecule has 1 aromatic heterocycles. The second-order valence-electron chi connectivity index (χ2n) is 0.485. The number of hydrogen-bond acceptors (Lipinski definition) is 4. The first kappa shape index (κ1) is 3.92. The quantitative estimate of drug-likeness (QED) is 0.394. The highest BCUT2D eigenvalue weighted by molar-refractivity contribution is 8.04. The topological polar surface area (TPSA) is 0 Å². The van der Waals surface area contributed by atoms with Crippen molar-refractivity contribution in [1.82, 2.24) is 0 Å². The van der Waals surface area contributed by atoms with Gasteiger partial charge in [-0.3, -0.25) is 0 Å². The Hall–Kier alpha value is 0.750. The third-order valence-electron chi connectivity index (χ3n) is 0.204. The van der Waals surface area contributed by atoms with Gasteiger partial charge in [0.05, 0.1) is 0 Å². The smallest absolute Gasteiger partial charge is 0.0543 e. The summed E-state index contributed by atoms with van der Waals surface area (Å²) in [6.45, 7) is 0. The maximum absolute atomic E-state index is 4.69. The van der Waals surface area contributed by atoms with Crippen LogP contribution < -0.4 is 0 Å². The van der Waals surface area contributed by atoms with Gasteiger partial charge in [-0.2, -0.15) is 0 Å². The van der Waals surface area contributed by atoms with Crippen LogP contribution in [0.15, 0.2) is 0 Å². The molecule has 0 spiro atoms. The molecule has 0 unspecified atom stereocenters. The van der Waals surface area contributed by atoms with Crippen molar-refractivity contribution in [3.05, 3.63) is 3.14 Å². The van der Waals surface area contributed by atoms with Crippen molar-refractivity contribution in [2.45, 2.75) is 0 Å². The molecule has 0 amide bonds. The van der Waals surface area contributed by atoms with Gasteiger partial charge in [0.25, 0.3) is 0 Å². The molecule has 0 radical (unpaired) electrons. The zero-order valence-electron chi connectivity index (χ0n) is 2.13. The van der Waals surface area contributed by atoms with E-state index in [1.165, 1.54) is 0 Å². The molecule has 1 rings (SSSR count). The van der Waals surface area contributed by atoms with E-state index in [9.17, 15) is 0 Å². The molecule has 0 aliphatic rings. The molecule has 0 aromatic carbocycles. The molecule has 0 nitrogen and oxygen atoms in total. The summed E-state index contributed by atoms with van der Waals surface area (Å²) in [6.07, 6.45) is 0. The SMILES string of the molecule is S=c1sss1. The minimum absolute atomic E-state index is 1.06. The van der Waals surface area contributed by atoms with E-state index < -0.39 is 0 Å². The fraction of sp³-hybridized carbons (Fsp3) is 0. The molecule has 5 heavy (non-hydrogen) atoms. The first-order valence-electron chi connectivity index (χ1n) is 0.946. The summed E-state index contributed by atoms with van der Waals surface area (Å²) in [5.41, 5.74) is 0. The Morgan fingerprint density at radius 1 is 1.40 bits per heavy atom. The van der Waals surface area contributed by atoms with Gasteiger partial charge in [0.2, 0.25) is 0 Å². The lowest BCUT2D eigenvalue weighted by Gasteiger charge is -1.70. The molecule has 0 aliphatic heterocycles. The largest absolute Gasteiger partial charge is 0.165 e. The van der Waals surface area contributed by atoms with Gasteiger partial charge < -0.3 is 0 Å². The molecule has 0 saturated heterocycles. The Labute approximate surface area is 45.5 Å². The summed E-state index contributed by atoms with van der Waals surface area (Å²) in [5, 5.41) is 0. The van der Waals surface area contributed by atoms with Crippen molar-refractivity contribution in [2.75, 3.05) is 0 Å². The Morgan fingerprint density at radius 2 is 1.80 bits per heavy atom. The normalized spacial score (nSPS) is 8.80. The van der Waals surface area contributed by atoms with Gasteiger partial charge in [-0.05, 0) is 30.0 Å². The lowest BCUT2D eigenvalue weighted by atomic mass is 11.9. The van der Waals surface area contributed by atoms with Crippen LogP contribution in [0.3, 0.4) is 0 Å². The molecule has 0 bridgehead atoms. The lowest BCUT2D eigenvalue weighted by Crippen LogP contribution is -1.28. The molecule has 28 valence electrons. The van der Waals surface area contributed by atoms with E-state index in [0.29, 0.717) is 0 Å². The highest BCUT2D eigenvalue weighted by Crippen LogP contribution is 2.21. The van der Waals surface area contributed by atoms with Gasteiger partial charge in [-0.1, -0.05) is 12.2 Å². The summed E-state index contributed by atoms with van der Waals surface area (Å²) in [5.74, 6) is 0. The Balaban J connectivity index is 3.29. The third-order valence-corrected chi connectivity index (χ3v) is 5.51. The average Bonchev–Trinajstić information content (AvgIpc) is 1.30. The van der Waals surface area contributed by atoms with E-state index in [1.54, 1.807) is 30.0 Å².